The number of nitrogens with zero attached hydrogens (tertiary/aromatic N) is 1. The zero-order valence-electron chi connectivity index (χ0n) is 18.3. The molecule has 0 aromatic heterocycles. The monoisotopic (exact) mass is 410 g/mol. The first-order chi connectivity index (χ1) is 15.3. The topological polar surface area (TPSA) is 24.5 Å². The first-order valence-electron chi connectivity index (χ1n) is 11.4. The molecule has 0 amide bonds. The summed E-state index contributed by atoms with van der Waals surface area (Å²) in [5.74, 6) is 2.71. The van der Waals surface area contributed by atoms with Crippen molar-refractivity contribution < 1.29 is 4.74 Å². The van der Waals surface area contributed by atoms with E-state index < -0.39 is 0 Å². The highest BCUT2D eigenvalue weighted by molar-refractivity contribution is 5.62. The van der Waals surface area contributed by atoms with E-state index in [1.54, 1.807) is 0 Å². The van der Waals surface area contributed by atoms with Crippen molar-refractivity contribution in [3.05, 3.63) is 96.1 Å². The van der Waals surface area contributed by atoms with E-state index in [4.69, 9.17) is 4.74 Å². The molecule has 3 aromatic rings. The van der Waals surface area contributed by atoms with Crippen molar-refractivity contribution in [3.63, 3.8) is 0 Å². The van der Waals surface area contributed by atoms with Crippen LogP contribution in [0.5, 0.6) is 11.5 Å². The third-order valence-corrected chi connectivity index (χ3v) is 6.69. The highest BCUT2D eigenvalue weighted by Gasteiger charge is 2.38. The predicted molar refractivity (Wildman–Crippen MR) is 129 cm³/mol. The third kappa shape index (κ3) is 3.81. The van der Waals surface area contributed by atoms with Gasteiger partial charge < -0.3 is 15.0 Å². The summed E-state index contributed by atoms with van der Waals surface area (Å²) in [6.45, 7) is 6.49. The Labute approximate surface area is 185 Å². The molecule has 31 heavy (non-hydrogen) atoms. The van der Waals surface area contributed by atoms with Crippen LogP contribution in [0.3, 0.4) is 0 Å². The van der Waals surface area contributed by atoms with Gasteiger partial charge in [-0.1, -0.05) is 42.5 Å². The van der Waals surface area contributed by atoms with Gasteiger partial charge in [0.15, 0.2) is 0 Å². The molecule has 0 saturated carbocycles. The van der Waals surface area contributed by atoms with Crippen molar-refractivity contribution in [2.45, 2.75) is 32.2 Å². The molecule has 0 saturated heterocycles. The third-order valence-electron chi connectivity index (χ3n) is 6.69. The van der Waals surface area contributed by atoms with Gasteiger partial charge in [-0.25, -0.2) is 0 Å². The molecular weight excluding hydrogens is 380 g/mol. The van der Waals surface area contributed by atoms with E-state index in [0.29, 0.717) is 17.9 Å². The van der Waals surface area contributed by atoms with E-state index in [1.165, 1.54) is 22.5 Å². The summed E-state index contributed by atoms with van der Waals surface area (Å²) in [4.78, 5) is 2.39. The first-order valence-corrected chi connectivity index (χ1v) is 11.4. The molecule has 5 rings (SSSR count). The number of allylic oxidation sites excluding steroid dienone is 2. The Hall–Kier alpha value is -3.20. The minimum atomic E-state index is 0.319. The fourth-order valence-electron chi connectivity index (χ4n) is 5.07. The van der Waals surface area contributed by atoms with E-state index in [-0.39, 0.29) is 0 Å². The number of rotatable bonds is 6. The second kappa shape index (κ2) is 8.50. The SMILES string of the molecule is CCN(CC)c1ccc(C2Nc3ccc(Oc4ccccc4)cc3C3C=CCC32)cc1. The standard InChI is InChI=1S/C28H30N2O/c1-3-30(4-2)21-15-13-20(14-16-21)28-25-12-8-11-24(25)26-19-23(17-18-27(26)29-28)31-22-9-6-5-7-10-22/h5-11,13-19,24-25,28-29H,3-4,12H2,1-2H3. The van der Waals surface area contributed by atoms with Crippen LogP contribution in [0.2, 0.25) is 0 Å². The Balaban J connectivity index is 1.42. The van der Waals surface area contributed by atoms with Crippen LogP contribution >= 0.6 is 0 Å². The summed E-state index contributed by atoms with van der Waals surface area (Å²) < 4.78 is 6.10. The van der Waals surface area contributed by atoms with Gasteiger partial charge in [0, 0.05) is 30.4 Å². The number of hydrogen-bond donors (Lipinski definition) is 1. The molecule has 1 aliphatic carbocycles. The van der Waals surface area contributed by atoms with Crippen LogP contribution in [0.1, 0.15) is 43.4 Å². The molecule has 158 valence electrons. The molecule has 3 aromatic carbocycles. The van der Waals surface area contributed by atoms with E-state index >= 15 is 0 Å². The Bertz CT molecular complexity index is 1050. The maximum atomic E-state index is 6.10. The van der Waals surface area contributed by atoms with E-state index in [0.717, 1.165) is 31.0 Å². The van der Waals surface area contributed by atoms with Gasteiger partial charge in [0.1, 0.15) is 11.5 Å². The van der Waals surface area contributed by atoms with Crippen LogP contribution in [0.4, 0.5) is 11.4 Å². The fourth-order valence-corrected chi connectivity index (χ4v) is 5.07. The minimum absolute atomic E-state index is 0.319. The number of nitrogens with one attached hydrogen (secondary N) is 1. The summed E-state index contributed by atoms with van der Waals surface area (Å²) in [5.41, 5.74) is 5.22. The highest BCUT2D eigenvalue weighted by atomic mass is 16.5. The summed E-state index contributed by atoms with van der Waals surface area (Å²) in [6.07, 6.45) is 5.82. The van der Waals surface area contributed by atoms with Gasteiger partial charge in [-0.2, -0.15) is 0 Å². The Morgan fingerprint density at radius 2 is 1.68 bits per heavy atom. The molecule has 0 spiro atoms. The van der Waals surface area contributed by atoms with Crippen molar-refractivity contribution in [3.8, 4) is 11.5 Å². The number of ether oxygens (including phenoxy) is 1. The molecular formula is C28H30N2O. The molecule has 1 N–H and O–H groups in total. The largest absolute Gasteiger partial charge is 0.457 e. The van der Waals surface area contributed by atoms with Crippen LogP contribution in [0, 0.1) is 5.92 Å². The average Bonchev–Trinajstić information content (AvgIpc) is 3.31. The second-order valence-electron chi connectivity index (χ2n) is 8.40. The molecule has 3 unspecified atom stereocenters. The lowest BCUT2D eigenvalue weighted by Gasteiger charge is -2.38. The molecule has 0 bridgehead atoms. The normalized spacial score (nSPS) is 21.2. The van der Waals surface area contributed by atoms with Gasteiger partial charge in [-0.05, 0) is 79.8 Å². The minimum Gasteiger partial charge on any atom is -0.457 e. The maximum Gasteiger partial charge on any atom is 0.127 e. The number of anilines is 2. The van der Waals surface area contributed by atoms with Crippen molar-refractivity contribution in [1.82, 2.24) is 0 Å². The van der Waals surface area contributed by atoms with Crippen LogP contribution in [-0.2, 0) is 0 Å². The molecule has 2 aliphatic rings. The second-order valence-corrected chi connectivity index (χ2v) is 8.40. The fraction of sp³-hybridized carbons (Fsp3) is 0.286. The zero-order chi connectivity index (χ0) is 21.2. The van der Waals surface area contributed by atoms with Crippen molar-refractivity contribution in [2.24, 2.45) is 5.92 Å². The van der Waals surface area contributed by atoms with Gasteiger partial charge in [0.05, 0.1) is 6.04 Å². The Morgan fingerprint density at radius 1 is 0.903 bits per heavy atom. The van der Waals surface area contributed by atoms with E-state index in [9.17, 15) is 0 Å². The lowest BCUT2D eigenvalue weighted by molar-refractivity contribution is 0.422. The Kier molecular flexibility index (Phi) is 5.42. The van der Waals surface area contributed by atoms with Crippen LogP contribution < -0.4 is 15.0 Å². The zero-order valence-corrected chi connectivity index (χ0v) is 18.3. The molecule has 3 heteroatoms. The smallest absolute Gasteiger partial charge is 0.127 e. The quantitative estimate of drug-likeness (QED) is 0.437. The van der Waals surface area contributed by atoms with Crippen LogP contribution in [0.15, 0.2) is 84.9 Å². The number of benzene rings is 3. The highest BCUT2D eigenvalue weighted by Crippen LogP contribution is 2.50. The number of hydrogen-bond acceptors (Lipinski definition) is 3. The summed E-state index contributed by atoms with van der Waals surface area (Å²) >= 11 is 0. The average molecular weight is 411 g/mol. The molecule has 1 heterocycles. The maximum absolute atomic E-state index is 6.10. The van der Waals surface area contributed by atoms with Gasteiger partial charge in [0.2, 0.25) is 0 Å². The molecule has 3 atom stereocenters. The Morgan fingerprint density at radius 3 is 2.42 bits per heavy atom. The van der Waals surface area contributed by atoms with Crippen LogP contribution in [0.25, 0.3) is 0 Å². The van der Waals surface area contributed by atoms with Gasteiger partial charge >= 0.3 is 0 Å². The number of fused-ring (bicyclic) bond motifs is 3. The van der Waals surface area contributed by atoms with Gasteiger partial charge in [-0.3, -0.25) is 0 Å². The molecule has 1 aliphatic heterocycles. The predicted octanol–water partition coefficient (Wildman–Crippen LogP) is 7.15. The van der Waals surface area contributed by atoms with Crippen molar-refractivity contribution in [2.75, 3.05) is 23.3 Å². The lowest BCUT2D eigenvalue weighted by atomic mass is 9.77. The van der Waals surface area contributed by atoms with Crippen molar-refractivity contribution in [1.29, 1.82) is 0 Å². The summed E-state index contributed by atoms with van der Waals surface area (Å²) in [6, 6.07) is 25.9. The van der Waals surface area contributed by atoms with Crippen LogP contribution in [-0.4, -0.2) is 13.1 Å². The van der Waals surface area contributed by atoms with E-state index in [2.05, 4.69) is 78.7 Å². The van der Waals surface area contributed by atoms with Gasteiger partial charge in [-0.15, -0.1) is 0 Å². The van der Waals surface area contributed by atoms with Gasteiger partial charge in [0.25, 0.3) is 0 Å². The molecule has 0 fully saturated rings. The number of para-hydroxylation sites is 1. The van der Waals surface area contributed by atoms with E-state index in [1.807, 2.05) is 30.3 Å². The first kappa shape index (κ1) is 19.7. The summed E-state index contributed by atoms with van der Waals surface area (Å²) in [5, 5.41) is 3.84. The molecule has 3 nitrogen and oxygen atoms in total. The summed E-state index contributed by atoms with van der Waals surface area (Å²) in [7, 11) is 0. The lowest BCUT2D eigenvalue weighted by Crippen LogP contribution is -2.29. The molecule has 0 radical (unpaired) electrons. The van der Waals surface area contributed by atoms with Crippen molar-refractivity contribution >= 4 is 11.4 Å².